The zero-order chi connectivity index (χ0) is 20.5. The first-order valence-corrected chi connectivity index (χ1v) is 10.2. The molecule has 0 amide bonds. The Morgan fingerprint density at radius 2 is 1.64 bits per heavy atom. The minimum Gasteiger partial charge on any atom is -0.327 e. The number of nitriles is 1. The number of nitrogens with zero attached hydrogens (tertiary/aromatic N) is 1. The van der Waals surface area contributed by atoms with Crippen LogP contribution in [-0.2, 0) is 0 Å². The minimum atomic E-state index is 0.207. The van der Waals surface area contributed by atoms with E-state index >= 15 is 0 Å². The number of unbranched alkanes of at least 4 members (excludes halogenated alkanes) is 1. The van der Waals surface area contributed by atoms with Gasteiger partial charge in [-0.15, -0.1) is 0 Å². The molecular formula is C26H32N2. The van der Waals surface area contributed by atoms with Crippen molar-refractivity contribution in [2.75, 3.05) is 0 Å². The average Bonchev–Trinajstić information content (AvgIpc) is 2.70. The van der Waals surface area contributed by atoms with Crippen LogP contribution < -0.4 is 5.73 Å². The summed E-state index contributed by atoms with van der Waals surface area (Å²) < 4.78 is 0. The zero-order valence-electron chi connectivity index (χ0n) is 17.6. The summed E-state index contributed by atoms with van der Waals surface area (Å²) in [5.41, 5.74) is 14.3. The van der Waals surface area contributed by atoms with Crippen molar-refractivity contribution in [3.63, 3.8) is 0 Å². The van der Waals surface area contributed by atoms with Gasteiger partial charge in [0.15, 0.2) is 0 Å². The molecule has 2 aromatic rings. The van der Waals surface area contributed by atoms with Crippen molar-refractivity contribution in [3.05, 3.63) is 82.4 Å². The van der Waals surface area contributed by atoms with E-state index in [-0.39, 0.29) is 6.04 Å². The maximum atomic E-state index is 9.11. The second-order valence-electron chi connectivity index (χ2n) is 7.69. The number of hydrogen-bond donors (Lipinski definition) is 1. The molecule has 2 N–H and O–H groups in total. The van der Waals surface area contributed by atoms with Crippen LogP contribution >= 0.6 is 0 Å². The van der Waals surface area contributed by atoms with Gasteiger partial charge in [0, 0.05) is 6.04 Å². The highest BCUT2D eigenvalue weighted by Crippen LogP contribution is 2.29. The lowest BCUT2D eigenvalue weighted by atomic mass is 9.92. The summed E-state index contributed by atoms with van der Waals surface area (Å²) in [4.78, 5) is 0. The molecule has 28 heavy (non-hydrogen) atoms. The Labute approximate surface area is 170 Å². The third-order valence-corrected chi connectivity index (χ3v) is 5.12. The molecule has 0 heterocycles. The Morgan fingerprint density at radius 1 is 1.04 bits per heavy atom. The second kappa shape index (κ2) is 10.6. The van der Waals surface area contributed by atoms with Gasteiger partial charge >= 0.3 is 0 Å². The van der Waals surface area contributed by atoms with Crippen LogP contribution in [0.1, 0.15) is 68.7 Å². The monoisotopic (exact) mass is 372 g/mol. The van der Waals surface area contributed by atoms with E-state index in [2.05, 4.69) is 64.1 Å². The quantitative estimate of drug-likeness (QED) is 0.416. The third-order valence-electron chi connectivity index (χ3n) is 5.12. The molecule has 0 bridgehead atoms. The third kappa shape index (κ3) is 6.22. The smallest absolute Gasteiger partial charge is 0.0991 e. The lowest BCUT2D eigenvalue weighted by Crippen LogP contribution is -2.19. The standard InChI is InChI=1S/C26H32N2/c1-5-6-7-25(28)16-20(3)17-26(24-14-10-22(18-27)11-15-24)21(4)23-12-8-19(2)9-13-23/h8-15,17,25H,5-7,16,28H2,1-4H3/b20-17+,26-21-. The number of hydrogen-bond acceptors (Lipinski definition) is 2. The Kier molecular flexibility index (Phi) is 8.23. The Morgan fingerprint density at radius 3 is 2.21 bits per heavy atom. The van der Waals surface area contributed by atoms with Gasteiger partial charge in [0.1, 0.15) is 0 Å². The molecule has 0 saturated carbocycles. The molecule has 2 aromatic carbocycles. The molecule has 1 atom stereocenters. The molecule has 0 aliphatic rings. The molecule has 1 unspecified atom stereocenters. The van der Waals surface area contributed by atoms with E-state index in [1.54, 1.807) is 0 Å². The molecule has 0 spiro atoms. The van der Waals surface area contributed by atoms with E-state index in [1.165, 1.54) is 40.7 Å². The summed E-state index contributed by atoms with van der Waals surface area (Å²) in [7, 11) is 0. The average molecular weight is 373 g/mol. The van der Waals surface area contributed by atoms with Crippen molar-refractivity contribution in [1.29, 1.82) is 5.26 Å². The van der Waals surface area contributed by atoms with E-state index in [0.717, 1.165) is 18.4 Å². The fraction of sp³-hybridized carbons (Fsp3) is 0.346. The summed E-state index contributed by atoms with van der Waals surface area (Å²) in [5.74, 6) is 0. The van der Waals surface area contributed by atoms with Crippen molar-refractivity contribution in [2.24, 2.45) is 5.73 Å². The molecule has 0 aromatic heterocycles. The molecule has 0 radical (unpaired) electrons. The van der Waals surface area contributed by atoms with Crippen LogP contribution in [-0.4, -0.2) is 6.04 Å². The van der Waals surface area contributed by atoms with Gasteiger partial charge in [-0.2, -0.15) is 5.26 Å². The van der Waals surface area contributed by atoms with Crippen molar-refractivity contribution in [1.82, 2.24) is 0 Å². The molecule has 0 aliphatic heterocycles. The Hall–Kier alpha value is -2.63. The highest BCUT2D eigenvalue weighted by Gasteiger charge is 2.09. The largest absolute Gasteiger partial charge is 0.327 e. The molecule has 2 nitrogen and oxygen atoms in total. The molecule has 146 valence electrons. The minimum absolute atomic E-state index is 0.207. The van der Waals surface area contributed by atoms with Gasteiger partial charge in [0.2, 0.25) is 0 Å². The highest BCUT2D eigenvalue weighted by atomic mass is 14.6. The van der Waals surface area contributed by atoms with Crippen molar-refractivity contribution >= 4 is 11.1 Å². The topological polar surface area (TPSA) is 49.8 Å². The van der Waals surface area contributed by atoms with Gasteiger partial charge in [0.05, 0.1) is 11.6 Å². The van der Waals surface area contributed by atoms with E-state index < -0.39 is 0 Å². The number of benzene rings is 2. The SMILES string of the molecule is CCCCC(N)C/C(C)=C/C(=C(\C)c1ccc(C)cc1)c1ccc(C#N)cc1. The lowest BCUT2D eigenvalue weighted by Gasteiger charge is -2.15. The fourth-order valence-electron chi connectivity index (χ4n) is 3.38. The van der Waals surface area contributed by atoms with Gasteiger partial charge < -0.3 is 5.73 Å². The van der Waals surface area contributed by atoms with E-state index in [4.69, 9.17) is 11.0 Å². The van der Waals surface area contributed by atoms with Crippen molar-refractivity contribution in [3.8, 4) is 6.07 Å². The summed E-state index contributed by atoms with van der Waals surface area (Å²) >= 11 is 0. The van der Waals surface area contributed by atoms with Gasteiger partial charge in [-0.25, -0.2) is 0 Å². The van der Waals surface area contributed by atoms with Crippen LogP contribution in [0.3, 0.4) is 0 Å². The van der Waals surface area contributed by atoms with Gasteiger partial charge in [-0.1, -0.05) is 73.4 Å². The molecule has 0 fully saturated rings. The van der Waals surface area contributed by atoms with Crippen molar-refractivity contribution < 1.29 is 0 Å². The van der Waals surface area contributed by atoms with Crippen molar-refractivity contribution in [2.45, 2.75) is 59.4 Å². The van der Waals surface area contributed by atoms with Crippen LogP contribution in [0.15, 0.2) is 60.2 Å². The maximum absolute atomic E-state index is 9.11. The van der Waals surface area contributed by atoms with Gasteiger partial charge in [-0.05, 0) is 68.0 Å². The Balaban J connectivity index is 2.43. The highest BCUT2D eigenvalue weighted by molar-refractivity contribution is 5.95. The Bertz CT molecular complexity index is 862. The summed E-state index contributed by atoms with van der Waals surface area (Å²) in [6.07, 6.45) is 6.59. The summed E-state index contributed by atoms with van der Waals surface area (Å²) in [5, 5.41) is 9.11. The lowest BCUT2D eigenvalue weighted by molar-refractivity contribution is 0.572. The molecule has 0 aliphatic carbocycles. The molecule has 2 rings (SSSR count). The van der Waals surface area contributed by atoms with E-state index in [1.807, 2.05) is 24.3 Å². The first-order valence-electron chi connectivity index (χ1n) is 10.2. The zero-order valence-corrected chi connectivity index (χ0v) is 17.6. The number of allylic oxidation sites excluding steroid dienone is 3. The first-order chi connectivity index (χ1) is 13.4. The second-order valence-corrected chi connectivity index (χ2v) is 7.69. The van der Waals surface area contributed by atoms with E-state index in [0.29, 0.717) is 5.56 Å². The van der Waals surface area contributed by atoms with Crippen LogP contribution in [0.25, 0.3) is 11.1 Å². The van der Waals surface area contributed by atoms with Gasteiger partial charge in [0.25, 0.3) is 0 Å². The predicted octanol–water partition coefficient (Wildman–Crippen LogP) is 6.65. The van der Waals surface area contributed by atoms with Gasteiger partial charge in [-0.3, -0.25) is 0 Å². The first kappa shape index (κ1) is 21.7. The molecular weight excluding hydrogens is 340 g/mol. The van der Waals surface area contributed by atoms with Crippen LogP contribution in [0.2, 0.25) is 0 Å². The molecule has 2 heteroatoms. The summed E-state index contributed by atoms with van der Waals surface area (Å²) in [6, 6.07) is 18.9. The maximum Gasteiger partial charge on any atom is 0.0991 e. The normalized spacial score (nSPS) is 13.6. The van der Waals surface area contributed by atoms with Crippen LogP contribution in [0.4, 0.5) is 0 Å². The van der Waals surface area contributed by atoms with Crippen LogP contribution in [0.5, 0.6) is 0 Å². The number of nitrogens with two attached hydrogens (primary N) is 1. The summed E-state index contributed by atoms with van der Waals surface area (Å²) in [6.45, 7) is 8.63. The predicted molar refractivity (Wildman–Crippen MR) is 121 cm³/mol. The number of rotatable bonds is 8. The molecule has 0 saturated heterocycles. The fourth-order valence-corrected chi connectivity index (χ4v) is 3.38. The number of aryl methyl sites for hydroxylation is 1. The van der Waals surface area contributed by atoms with Crippen LogP contribution in [0, 0.1) is 18.3 Å². The van der Waals surface area contributed by atoms with E-state index in [9.17, 15) is 0 Å².